The minimum Gasteiger partial charge on any atom is -0.265 e. The van der Waals surface area contributed by atoms with Crippen molar-refractivity contribution in [2.75, 3.05) is 11.5 Å². The van der Waals surface area contributed by atoms with Crippen molar-refractivity contribution in [3.05, 3.63) is 97.6 Å². The zero-order chi connectivity index (χ0) is 21.3. The molecule has 0 saturated heterocycles. The fraction of sp³-hybridized carbons (Fsp3) is 0.154. The molecule has 0 aliphatic carbocycles. The summed E-state index contributed by atoms with van der Waals surface area (Å²) in [6, 6.07) is 24.6. The molecule has 4 rings (SSSR count). The topological polar surface area (TPSA) is 42.9 Å². The number of benzene rings is 2. The number of aromatic nitrogens is 2. The van der Waals surface area contributed by atoms with Crippen molar-refractivity contribution >= 4 is 22.6 Å². The molecule has 0 aliphatic heterocycles. The van der Waals surface area contributed by atoms with Crippen LogP contribution in [0.15, 0.2) is 107 Å². The predicted octanol–water partition coefficient (Wildman–Crippen LogP) is 6.49. The van der Waals surface area contributed by atoms with Gasteiger partial charge in [-0.3, -0.25) is 14.2 Å². The third kappa shape index (κ3) is 6.12. The second-order valence-electron chi connectivity index (χ2n) is 7.13. The Bertz CT molecular complexity index is 1130. The number of hydrogen-bond acceptors (Lipinski definition) is 4. The van der Waals surface area contributed by atoms with Crippen LogP contribution in [0.3, 0.4) is 0 Å². The van der Waals surface area contributed by atoms with E-state index in [1.807, 2.05) is 72.7 Å². The van der Waals surface area contributed by atoms with Gasteiger partial charge in [-0.25, -0.2) is 0 Å². The second kappa shape index (κ2) is 11.0. The molecule has 3 nitrogen and oxygen atoms in total. The minimum absolute atomic E-state index is 0.692. The highest BCUT2D eigenvalue weighted by Gasteiger charge is 2.06. The van der Waals surface area contributed by atoms with Crippen molar-refractivity contribution in [1.82, 2.24) is 9.97 Å². The summed E-state index contributed by atoms with van der Waals surface area (Å²) >= 11 is 1.86. The van der Waals surface area contributed by atoms with Gasteiger partial charge >= 0.3 is 0 Å². The molecule has 0 N–H and O–H groups in total. The molecule has 5 heteroatoms. The molecular weight excluding hydrogens is 420 g/mol. The summed E-state index contributed by atoms with van der Waals surface area (Å²) in [5.41, 5.74) is 4.57. The van der Waals surface area contributed by atoms with Crippen LogP contribution in [0.25, 0.3) is 22.3 Å². The van der Waals surface area contributed by atoms with E-state index in [-0.39, 0.29) is 0 Å². The first-order valence-corrected chi connectivity index (χ1v) is 12.6. The molecule has 0 fully saturated rings. The molecule has 0 radical (unpaired) electrons. The van der Waals surface area contributed by atoms with Gasteiger partial charge in [0, 0.05) is 40.3 Å². The van der Waals surface area contributed by atoms with Crippen molar-refractivity contribution in [3.63, 3.8) is 0 Å². The van der Waals surface area contributed by atoms with Gasteiger partial charge in [-0.05, 0) is 89.4 Å². The van der Waals surface area contributed by atoms with Gasteiger partial charge < -0.3 is 0 Å². The molecule has 0 saturated carbocycles. The lowest BCUT2D eigenvalue weighted by Gasteiger charge is -2.07. The SMILES string of the molecule is O=S(CCCCSc1cccc(-c2ccncc2)c1)c1cccc(-c2ccncc2)c1. The first kappa shape index (κ1) is 21.5. The Morgan fingerprint density at radius 2 is 1.29 bits per heavy atom. The van der Waals surface area contributed by atoms with Gasteiger partial charge in [-0.2, -0.15) is 0 Å². The zero-order valence-corrected chi connectivity index (χ0v) is 18.8. The molecule has 4 aromatic rings. The Balaban J connectivity index is 1.26. The Labute approximate surface area is 190 Å². The van der Waals surface area contributed by atoms with Gasteiger partial charge in [0.1, 0.15) is 0 Å². The van der Waals surface area contributed by atoms with Crippen LogP contribution in [0.1, 0.15) is 12.8 Å². The number of unbranched alkanes of at least 4 members (excludes halogenated alkanes) is 1. The monoisotopic (exact) mass is 444 g/mol. The van der Waals surface area contributed by atoms with E-state index in [1.165, 1.54) is 16.0 Å². The summed E-state index contributed by atoms with van der Waals surface area (Å²) in [7, 11) is -0.975. The number of rotatable bonds is 9. The van der Waals surface area contributed by atoms with E-state index in [1.54, 1.807) is 12.4 Å². The van der Waals surface area contributed by atoms with E-state index in [9.17, 15) is 4.21 Å². The Morgan fingerprint density at radius 3 is 1.97 bits per heavy atom. The lowest BCUT2D eigenvalue weighted by Crippen LogP contribution is -1.99. The summed E-state index contributed by atoms with van der Waals surface area (Å²) in [6.45, 7) is 0. The average molecular weight is 445 g/mol. The Morgan fingerprint density at radius 1 is 0.677 bits per heavy atom. The summed E-state index contributed by atoms with van der Waals surface area (Å²) in [4.78, 5) is 10.3. The molecule has 2 aromatic carbocycles. The molecule has 31 heavy (non-hydrogen) atoms. The van der Waals surface area contributed by atoms with E-state index < -0.39 is 10.8 Å². The van der Waals surface area contributed by atoms with Crippen LogP contribution in [0.2, 0.25) is 0 Å². The van der Waals surface area contributed by atoms with Crippen molar-refractivity contribution in [1.29, 1.82) is 0 Å². The summed E-state index contributed by atoms with van der Waals surface area (Å²) in [6.07, 6.45) is 9.19. The highest BCUT2D eigenvalue weighted by molar-refractivity contribution is 7.99. The standard InChI is InChI=1S/C26H24N2OS2/c29-31(26-8-4-6-24(20-26)22-11-15-28-16-12-22)18-2-1-17-30-25-7-3-5-23(19-25)21-9-13-27-14-10-21/h3-16,19-20H,1-2,17-18H2. The first-order chi connectivity index (χ1) is 15.3. The van der Waals surface area contributed by atoms with E-state index >= 15 is 0 Å². The largest absolute Gasteiger partial charge is 0.265 e. The average Bonchev–Trinajstić information content (AvgIpc) is 2.85. The number of hydrogen-bond donors (Lipinski definition) is 0. The summed E-state index contributed by atoms with van der Waals surface area (Å²) in [5, 5.41) is 0. The predicted molar refractivity (Wildman–Crippen MR) is 131 cm³/mol. The highest BCUT2D eigenvalue weighted by atomic mass is 32.2. The second-order valence-corrected chi connectivity index (χ2v) is 9.87. The maximum absolute atomic E-state index is 12.7. The van der Waals surface area contributed by atoms with Crippen LogP contribution in [-0.4, -0.2) is 25.7 Å². The fourth-order valence-corrected chi connectivity index (χ4v) is 5.47. The first-order valence-electron chi connectivity index (χ1n) is 10.3. The van der Waals surface area contributed by atoms with E-state index in [4.69, 9.17) is 0 Å². The quantitative estimate of drug-likeness (QED) is 0.219. The molecular formula is C26H24N2OS2. The number of thioether (sulfide) groups is 1. The van der Waals surface area contributed by atoms with Crippen molar-refractivity contribution in [3.8, 4) is 22.3 Å². The lowest BCUT2D eigenvalue weighted by atomic mass is 10.1. The van der Waals surface area contributed by atoms with Gasteiger partial charge in [0.15, 0.2) is 0 Å². The Kier molecular flexibility index (Phi) is 7.64. The van der Waals surface area contributed by atoms with Crippen molar-refractivity contribution in [2.24, 2.45) is 0 Å². The van der Waals surface area contributed by atoms with Gasteiger partial charge in [0.2, 0.25) is 0 Å². The fourth-order valence-electron chi connectivity index (χ4n) is 3.31. The molecule has 1 atom stereocenters. The minimum atomic E-state index is -0.975. The smallest absolute Gasteiger partial charge is 0.0529 e. The normalized spacial score (nSPS) is 11.9. The number of nitrogens with zero attached hydrogens (tertiary/aromatic N) is 2. The summed E-state index contributed by atoms with van der Waals surface area (Å²) < 4.78 is 12.7. The van der Waals surface area contributed by atoms with Crippen LogP contribution >= 0.6 is 11.8 Å². The van der Waals surface area contributed by atoms with Crippen molar-refractivity contribution < 1.29 is 4.21 Å². The molecule has 0 bridgehead atoms. The van der Waals surface area contributed by atoms with E-state index in [0.717, 1.165) is 34.6 Å². The molecule has 0 aliphatic rings. The molecule has 2 aromatic heterocycles. The maximum atomic E-state index is 12.7. The number of pyridine rings is 2. The molecule has 2 heterocycles. The van der Waals surface area contributed by atoms with Gasteiger partial charge in [0.25, 0.3) is 0 Å². The van der Waals surface area contributed by atoms with Crippen LogP contribution in [0.5, 0.6) is 0 Å². The van der Waals surface area contributed by atoms with Gasteiger partial charge in [-0.1, -0.05) is 24.3 Å². The third-order valence-electron chi connectivity index (χ3n) is 4.95. The van der Waals surface area contributed by atoms with Gasteiger partial charge in [0.05, 0.1) is 10.8 Å². The zero-order valence-electron chi connectivity index (χ0n) is 17.2. The van der Waals surface area contributed by atoms with Crippen LogP contribution in [0.4, 0.5) is 0 Å². The molecule has 0 amide bonds. The Hall–Kier alpha value is -2.76. The van der Waals surface area contributed by atoms with Crippen LogP contribution in [0, 0.1) is 0 Å². The third-order valence-corrected chi connectivity index (χ3v) is 7.47. The van der Waals surface area contributed by atoms with Crippen LogP contribution < -0.4 is 0 Å². The van der Waals surface area contributed by atoms with Crippen molar-refractivity contribution in [2.45, 2.75) is 22.6 Å². The van der Waals surface area contributed by atoms with Gasteiger partial charge in [-0.15, -0.1) is 11.8 Å². The molecule has 156 valence electrons. The maximum Gasteiger partial charge on any atom is 0.0529 e. The lowest BCUT2D eigenvalue weighted by molar-refractivity contribution is 0.680. The van der Waals surface area contributed by atoms with E-state index in [0.29, 0.717) is 5.75 Å². The van der Waals surface area contributed by atoms with E-state index in [2.05, 4.69) is 34.2 Å². The highest BCUT2D eigenvalue weighted by Crippen LogP contribution is 2.26. The summed E-state index contributed by atoms with van der Waals surface area (Å²) in [5.74, 6) is 1.71. The molecule has 1 unspecified atom stereocenters. The van der Waals surface area contributed by atoms with Crippen LogP contribution in [-0.2, 0) is 10.8 Å². The molecule has 0 spiro atoms.